The van der Waals surface area contributed by atoms with Crippen molar-refractivity contribution in [3.63, 3.8) is 0 Å². The van der Waals surface area contributed by atoms with Gasteiger partial charge in [0.15, 0.2) is 0 Å². The van der Waals surface area contributed by atoms with Crippen LogP contribution in [-0.4, -0.2) is 6.54 Å². The van der Waals surface area contributed by atoms with E-state index in [-0.39, 0.29) is 11.7 Å². The summed E-state index contributed by atoms with van der Waals surface area (Å²) in [5.74, 6) is 0.119. The van der Waals surface area contributed by atoms with Crippen LogP contribution in [0.25, 0.3) is 0 Å². The van der Waals surface area contributed by atoms with Crippen molar-refractivity contribution in [3.05, 3.63) is 35.1 Å². The monoisotopic (exact) mass is 181 g/mol. The van der Waals surface area contributed by atoms with Crippen LogP contribution in [0.2, 0.25) is 0 Å². The summed E-state index contributed by atoms with van der Waals surface area (Å²) in [7, 11) is 0. The van der Waals surface area contributed by atoms with Crippen molar-refractivity contribution >= 4 is 0 Å². The zero-order valence-electron chi connectivity index (χ0n) is 8.18. The maximum absolute atomic E-state index is 13.2. The Bertz CT molecular complexity index is 281. The molecule has 0 heterocycles. The molecule has 0 aliphatic heterocycles. The molecule has 0 aliphatic rings. The van der Waals surface area contributed by atoms with Gasteiger partial charge in [-0.05, 0) is 36.1 Å². The predicted octanol–water partition coefficient (Wildman–Crippen LogP) is 2.45. The van der Waals surface area contributed by atoms with E-state index in [4.69, 9.17) is 5.73 Å². The molecule has 0 amide bonds. The lowest BCUT2D eigenvalue weighted by Crippen LogP contribution is -2.04. The smallest absolute Gasteiger partial charge is 0.126 e. The van der Waals surface area contributed by atoms with E-state index in [0.29, 0.717) is 6.54 Å². The average molecular weight is 181 g/mol. The second-order valence-corrected chi connectivity index (χ2v) is 3.55. The molecule has 1 aromatic rings. The minimum absolute atomic E-state index is 0.115. The van der Waals surface area contributed by atoms with Gasteiger partial charge in [0.2, 0.25) is 0 Å². The Labute approximate surface area is 78.8 Å². The van der Waals surface area contributed by atoms with Crippen molar-refractivity contribution in [2.75, 3.05) is 6.54 Å². The Morgan fingerprint density at radius 2 is 2.08 bits per heavy atom. The van der Waals surface area contributed by atoms with E-state index in [1.807, 2.05) is 19.9 Å². The van der Waals surface area contributed by atoms with Crippen LogP contribution in [0.4, 0.5) is 4.39 Å². The van der Waals surface area contributed by atoms with E-state index in [1.54, 1.807) is 6.07 Å². The fraction of sp³-hybridized carbons (Fsp3) is 0.455. The lowest BCUT2D eigenvalue weighted by atomic mass is 9.99. The Hall–Kier alpha value is -0.890. The maximum Gasteiger partial charge on any atom is 0.126 e. The number of nitrogens with two attached hydrogens (primary N) is 1. The van der Waals surface area contributed by atoms with Crippen LogP contribution in [0, 0.1) is 5.82 Å². The van der Waals surface area contributed by atoms with Gasteiger partial charge in [0.25, 0.3) is 0 Å². The first-order valence-electron chi connectivity index (χ1n) is 4.63. The molecule has 0 saturated heterocycles. The van der Waals surface area contributed by atoms with Gasteiger partial charge in [-0.25, -0.2) is 4.39 Å². The van der Waals surface area contributed by atoms with E-state index < -0.39 is 0 Å². The molecular formula is C11H16FN. The van der Waals surface area contributed by atoms with Crippen LogP contribution in [0.15, 0.2) is 18.2 Å². The molecule has 0 atom stereocenters. The van der Waals surface area contributed by atoms with Crippen molar-refractivity contribution in [1.29, 1.82) is 0 Å². The largest absolute Gasteiger partial charge is 0.330 e. The van der Waals surface area contributed by atoms with Crippen LogP contribution in [-0.2, 0) is 6.42 Å². The number of halogens is 1. The van der Waals surface area contributed by atoms with Crippen LogP contribution in [0.3, 0.4) is 0 Å². The summed E-state index contributed by atoms with van der Waals surface area (Å²) < 4.78 is 13.2. The molecule has 1 aromatic carbocycles. The normalized spacial score (nSPS) is 10.8. The third kappa shape index (κ3) is 2.52. The third-order valence-electron chi connectivity index (χ3n) is 2.12. The molecule has 0 aromatic heterocycles. The third-order valence-corrected chi connectivity index (χ3v) is 2.12. The second kappa shape index (κ2) is 4.38. The van der Waals surface area contributed by atoms with E-state index in [0.717, 1.165) is 17.5 Å². The van der Waals surface area contributed by atoms with Crippen molar-refractivity contribution in [3.8, 4) is 0 Å². The van der Waals surface area contributed by atoms with Crippen LogP contribution in [0.5, 0.6) is 0 Å². The van der Waals surface area contributed by atoms with E-state index in [2.05, 4.69) is 0 Å². The van der Waals surface area contributed by atoms with Gasteiger partial charge in [-0.15, -0.1) is 0 Å². The highest BCUT2D eigenvalue weighted by Gasteiger charge is 2.06. The quantitative estimate of drug-likeness (QED) is 0.761. The van der Waals surface area contributed by atoms with E-state index in [9.17, 15) is 4.39 Å². The van der Waals surface area contributed by atoms with Crippen molar-refractivity contribution < 1.29 is 4.39 Å². The van der Waals surface area contributed by atoms with Crippen molar-refractivity contribution in [1.82, 2.24) is 0 Å². The van der Waals surface area contributed by atoms with Gasteiger partial charge in [-0.3, -0.25) is 0 Å². The molecule has 0 fully saturated rings. The highest BCUT2D eigenvalue weighted by molar-refractivity contribution is 5.27. The number of benzene rings is 1. The molecule has 13 heavy (non-hydrogen) atoms. The fourth-order valence-electron chi connectivity index (χ4n) is 1.36. The van der Waals surface area contributed by atoms with Gasteiger partial charge in [-0.2, -0.15) is 0 Å². The Morgan fingerprint density at radius 1 is 1.38 bits per heavy atom. The summed E-state index contributed by atoms with van der Waals surface area (Å²) >= 11 is 0. The van der Waals surface area contributed by atoms with Gasteiger partial charge in [0, 0.05) is 0 Å². The predicted molar refractivity (Wildman–Crippen MR) is 53.2 cm³/mol. The molecule has 1 rings (SSSR count). The lowest BCUT2D eigenvalue weighted by molar-refractivity contribution is 0.597. The van der Waals surface area contributed by atoms with Crippen LogP contribution < -0.4 is 5.73 Å². The molecule has 0 aliphatic carbocycles. The minimum atomic E-state index is -0.115. The first-order chi connectivity index (χ1) is 6.15. The Balaban J connectivity index is 2.97. The second-order valence-electron chi connectivity index (χ2n) is 3.55. The van der Waals surface area contributed by atoms with Gasteiger partial charge in [0.05, 0.1) is 0 Å². The summed E-state index contributed by atoms with van der Waals surface area (Å²) in [6.45, 7) is 4.60. The minimum Gasteiger partial charge on any atom is -0.330 e. The van der Waals surface area contributed by atoms with Gasteiger partial charge < -0.3 is 5.73 Å². The van der Waals surface area contributed by atoms with Crippen LogP contribution >= 0.6 is 0 Å². The maximum atomic E-state index is 13.2. The molecule has 0 spiro atoms. The first kappa shape index (κ1) is 10.2. The molecule has 72 valence electrons. The molecule has 0 bridgehead atoms. The topological polar surface area (TPSA) is 26.0 Å². The first-order valence-corrected chi connectivity index (χ1v) is 4.63. The summed E-state index contributed by atoms with van der Waals surface area (Å²) in [5.41, 5.74) is 7.33. The molecule has 2 heteroatoms. The van der Waals surface area contributed by atoms with Gasteiger partial charge >= 0.3 is 0 Å². The SMILES string of the molecule is CC(C)c1cc(CCN)ccc1F. The Morgan fingerprint density at radius 3 is 2.62 bits per heavy atom. The number of rotatable bonds is 3. The molecule has 1 nitrogen and oxygen atoms in total. The van der Waals surface area contributed by atoms with Crippen LogP contribution in [0.1, 0.15) is 30.9 Å². The van der Waals surface area contributed by atoms with Gasteiger partial charge in [0.1, 0.15) is 5.82 Å². The lowest BCUT2D eigenvalue weighted by Gasteiger charge is -2.08. The summed E-state index contributed by atoms with van der Waals surface area (Å²) in [6, 6.07) is 5.24. The fourth-order valence-corrected chi connectivity index (χ4v) is 1.36. The molecule has 0 radical (unpaired) electrons. The number of hydrogen-bond acceptors (Lipinski definition) is 1. The highest BCUT2D eigenvalue weighted by Crippen LogP contribution is 2.19. The zero-order valence-corrected chi connectivity index (χ0v) is 8.18. The summed E-state index contributed by atoms with van der Waals surface area (Å²) in [6.07, 6.45) is 0.819. The molecule has 2 N–H and O–H groups in total. The zero-order chi connectivity index (χ0) is 9.84. The van der Waals surface area contributed by atoms with Crippen molar-refractivity contribution in [2.24, 2.45) is 5.73 Å². The average Bonchev–Trinajstić information content (AvgIpc) is 2.08. The van der Waals surface area contributed by atoms with E-state index >= 15 is 0 Å². The standard InChI is InChI=1S/C11H16FN/c1-8(2)10-7-9(5-6-13)3-4-11(10)12/h3-4,7-8H,5-6,13H2,1-2H3. The molecule has 0 unspecified atom stereocenters. The van der Waals surface area contributed by atoms with Crippen molar-refractivity contribution in [2.45, 2.75) is 26.2 Å². The van der Waals surface area contributed by atoms with Gasteiger partial charge in [-0.1, -0.05) is 26.0 Å². The number of hydrogen-bond donors (Lipinski definition) is 1. The Kier molecular flexibility index (Phi) is 3.43. The summed E-state index contributed by atoms with van der Waals surface area (Å²) in [5, 5.41) is 0. The van der Waals surface area contributed by atoms with E-state index in [1.165, 1.54) is 6.07 Å². The highest BCUT2D eigenvalue weighted by atomic mass is 19.1. The summed E-state index contributed by atoms with van der Waals surface area (Å²) in [4.78, 5) is 0. The molecular weight excluding hydrogens is 165 g/mol. The molecule has 0 saturated carbocycles.